The van der Waals surface area contributed by atoms with Gasteiger partial charge >= 0.3 is 0 Å². The fraction of sp³-hybridized carbons (Fsp3) is 0.538. The Balaban J connectivity index is 2.28. The molecule has 1 aliphatic rings. The number of aliphatic hydroxyl groups is 1. The summed E-state index contributed by atoms with van der Waals surface area (Å²) in [5.41, 5.74) is 5.99. The zero-order valence-electron chi connectivity index (χ0n) is 11.4. The Morgan fingerprint density at radius 3 is 2.70 bits per heavy atom. The van der Waals surface area contributed by atoms with Crippen LogP contribution in [0.2, 0.25) is 0 Å². The summed E-state index contributed by atoms with van der Waals surface area (Å²) >= 11 is 0. The van der Waals surface area contributed by atoms with Crippen molar-refractivity contribution in [3.63, 3.8) is 0 Å². The first-order valence-corrected chi connectivity index (χ1v) is 8.06. The van der Waals surface area contributed by atoms with Gasteiger partial charge in [-0.25, -0.2) is 13.1 Å². The second-order valence-corrected chi connectivity index (χ2v) is 6.67. The van der Waals surface area contributed by atoms with E-state index in [0.717, 1.165) is 12.8 Å². The van der Waals surface area contributed by atoms with Crippen molar-refractivity contribution in [1.29, 1.82) is 0 Å². The molecule has 0 heterocycles. The van der Waals surface area contributed by atoms with Crippen LogP contribution in [-0.4, -0.2) is 32.8 Å². The average Bonchev–Trinajstić information content (AvgIpc) is 2.41. The maximum atomic E-state index is 12.4. The number of methoxy groups -OCH3 is 1. The molecule has 2 rings (SSSR count). The summed E-state index contributed by atoms with van der Waals surface area (Å²) in [5.74, 6) is 0.233. The predicted molar refractivity (Wildman–Crippen MR) is 76.0 cm³/mol. The number of sulfonamides is 1. The highest BCUT2D eigenvalue weighted by Gasteiger charge is 2.29. The van der Waals surface area contributed by atoms with E-state index < -0.39 is 22.2 Å². The number of ether oxygens (including phenoxy) is 1. The number of rotatable bonds is 4. The Morgan fingerprint density at radius 2 is 2.05 bits per heavy atom. The Morgan fingerprint density at radius 1 is 1.35 bits per heavy atom. The monoisotopic (exact) mass is 300 g/mol. The van der Waals surface area contributed by atoms with Crippen molar-refractivity contribution >= 4 is 15.7 Å². The number of anilines is 1. The first-order chi connectivity index (χ1) is 9.44. The summed E-state index contributed by atoms with van der Waals surface area (Å²) in [6, 6.07) is 3.99. The summed E-state index contributed by atoms with van der Waals surface area (Å²) in [4.78, 5) is -0.00206. The van der Waals surface area contributed by atoms with Gasteiger partial charge in [-0.05, 0) is 31.0 Å². The molecular weight excluding hydrogens is 280 g/mol. The second kappa shape index (κ2) is 5.99. The Kier molecular flexibility index (Phi) is 4.52. The van der Waals surface area contributed by atoms with E-state index in [9.17, 15) is 13.5 Å². The molecule has 0 saturated heterocycles. The molecule has 1 aromatic carbocycles. The molecule has 0 amide bonds. The molecule has 2 atom stereocenters. The zero-order chi connectivity index (χ0) is 14.8. The topological polar surface area (TPSA) is 102 Å². The average molecular weight is 300 g/mol. The number of benzene rings is 1. The van der Waals surface area contributed by atoms with Crippen molar-refractivity contribution in [2.45, 2.75) is 42.7 Å². The fourth-order valence-electron chi connectivity index (χ4n) is 2.41. The van der Waals surface area contributed by atoms with Crippen LogP contribution < -0.4 is 15.2 Å². The van der Waals surface area contributed by atoms with Crippen LogP contribution >= 0.6 is 0 Å². The highest BCUT2D eigenvalue weighted by atomic mass is 32.2. The van der Waals surface area contributed by atoms with E-state index in [1.54, 1.807) is 6.07 Å². The summed E-state index contributed by atoms with van der Waals surface area (Å²) in [6.45, 7) is 0. The van der Waals surface area contributed by atoms with Gasteiger partial charge < -0.3 is 15.6 Å². The van der Waals surface area contributed by atoms with Crippen molar-refractivity contribution in [3.05, 3.63) is 18.2 Å². The summed E-state index contributed by atoms with van der Waals surface area (Å²) in [5, 5.41) is 9.88. The lowest BCUT2D eigenvalue weighted by atomic mass is 9.93. The van der Waals surface area contributed by atoms with E-state index in [0.29, 0.717) is 18.5 Å². The van der Waals surface area contributed by atoms with Crippen molar-refractivity contribution in [2.24, 2.45) is 0 Å². The summed E-state index contributed by atoms with van der Waals surface area (Å²) in [7, 11) is -2.37. The number of hydrogen-bond donors (Lipinski definition) is 3. The lowest BCUT2D eigenvalue weighted by molar-refractivity contribution is 0.101. The minimum Gasteiger partial charge on any atom is -0.495 e. The van der Waals surface area contributed by atoms with Crippen molar-refractivity contribution < 1.29 is 18.3 Å². The van der Waals surface area contributed by atoms with Crippen LogP contribution in [0.5, 0.6) is 5.75 Å². The SMILES string of the molecule is COc1ccc(N)cc1S(=O)(=O)N[C@@H]1CCCC[C@H]1O. The summed E-state index contributed by atoms with van der Waals surface area (Å²) < 4.78 is 32.5. The van der Waals surface area contributed by atoms with Gasteiger partial charge in [0.25, 0.3) is 0 Å². The maximum absolute atomic E-state index is 12.4. The normalized spacial score (nSPS) is 23.5. The lowest BCUT2D eigenvalue weighted by Gasteiger charge is -2.28. The molecule has 0 bridgehead atoms. The van der Waals surface area contributed by atoms with Crippen LogP contribution in [0.1, 0.15) is 25.7 Å². The molecule has 0 aromatic heterocycles. The van der Waals surface area contributed by atoms with E-state index in [-0.39, 0.29) is 10.6 Å². The Hall–Kier alpha value is -1.31. The van der Waals surface area contributed by atoms with E-state index in [2.05, 4.69) is 4.72 Å². The molecule has 0 radical (unpaired) electrons. The fourth-order valence-corrected chi connectivity index (χ4v) is 3.92. The largest absolute Gasteiger partial charge is 0.495 e. The van der Waals surface area contributed by atoms with Gasteiger partial charge in [0.15, 0.2) is 0 Å². The molecule has 7 heteroatoms. The van der Waals surface area contributed by atoms with Gasteiger partial charge in [-0.15, -0.1) is 0 Å². The molecule has 0 aliphatic heterocycles. The van der Waals surface area contributed by atoms with Gasteiger partial charge in [0.1, 0.15) is 10.6 Å². The predicted octanol–water partition coefficient (Wildman–Crippen LogP) is 0.859. The number of nitrogen functional groups attached to an aromatic ring is 1. The van der Waals surface area contributed by atoms with Gasteiger partial charge in [-0.3, -0.25) is 0 Å². The number of hydrogen-bond acceptors (Lipinski definition) is 5. The number of nitrogens with one attached hydrogen (secondary N) is 1. The van der Waals surface area contributed by atoms with Gasteiger partial charge in [0.2, 0.25) is 10.0 Å². The molecule has 20 heavy (non-hydrogen) atoms. The van der Waals surface area contributed by atoms with E-state index >= 15 is 0 Å². The Labute approximate surface area is 119 Å². The van der Waals surface area contributed by atoms with Gasteiger partial charge in [0.05, 0.1) is 13.2 Å². The van der Waals surface area contributed by atoms with Gasteiger partial charge in [-0.2, -0.15) is 0 Å². The molecule has 1 aromatic rings. The zero-order valence-corrected chi connectivity index (χ0v) is 12.2. The van der Waals surface area contributed by atoms with Crippen LogP contribution in [0, 0.1) is 0 Å². The van der Waals surface area contributed by atoms with Crippen molar-refractivity contribution in [3.8, 4) is 5.75 Å². The first-order valence-electron chi connectivity index (χ1n) is 6.58. The third-order valence-corrected chi connectivity index (χ3v) is 5.02. The molecule has 6 nitrogen and oxygen atoms in total. The van der Waals surface area contributed by atoms with Crippen molar-refractivity contribution in [2.75, 3.05) is 12.8 Å². The van der Waals surface area contributed by atoms with Gasteiger partial charge in [0, 0.05) is 11.7 Å². The second-order valence-electron chi connectivity index (χ2n) is 4.99. The smallest absolute Gasteiger partial charge is 0.244 e. The highest BCUT2D eigenvalue weighted by molar-refractivity contribution is 7.89. The third-order valence-electron chi connectivity index (χ3n) is 3.51. The van der Waals surface area contributed by atoms with E-state index in [1.807, 2.05) is 0 Å². The summed E-state index contributed by atoms with van der Waals surface area (Å²) in [6.07, 6.45) is 2.41. The van der Waals surface area contributed by atoms with Crippen LogP contribution in [0.15, 0.2) is 23.1 Å². The molecule has 1 saturated carbocycles. The van der Waals surface area contributed by atoms with Crippen LogP contribution in [0.4, 0.5) is 5.69 Å². The molecular formula is C13H20N2O4S. The molecule has 4 N–H and O–H groups in total. The van der Waals surface area contributed by atoms with E-state index in [1.165, 1.54) is 19.2 Å². The van der Waals surface area contributed by atoms with E-state index in [4.69, 9.17) is 10.5 Å². The molecule has 0 spiro atoms. The first kappa shape index (κ1) is 15.1. The van der Waals surface area contributed by atoms with Crippen LogP contribution in [0.25, 0.3) is 0 Å². The highest BCUT2D eigenvalue weighted by Crippen LogP contribution is 2.27. The van der Waals surface area contributed by atoms with Crippen LogP contribution in [0.3, 0.4) is 0 Å². The molecule has 1 aliphatic carbocycles. The Bertz CT molecular complexity index is 574. The molecule has 0 unspecified atom stereocenters. The number of aliphatic hydroxyl groups excluding tert-OH is 1. The quantitative estimate of drug-likeness (QED) is 0.716. The lowest BCUT2D eigenvalue weighted by Crippen LogP contribution is -2.45. The minimum atomic E-state index is -3.77. The van der Waals surface area contributed by atoms with Crippen LogP contribution in [-0.2, 0) is 10.0 Å². The molecule has 112 valence electrons. The maximum Gasteiger partial charge on any atom is 0.244 e. The van der Waals surface area contributed by atoms with Gasteiger partial charge in [-0.1, -0.05) is 12.8 Å². The third kappa shape index (κ3) is 3.23. The standard InChI is InChI=1S/C13H20N2O4S/c1-19-12-7-6-9(14)8-13(12)20(17,18)15-10-4-2-3-5-11(10)16/h6-8,10-11,15-16H,2-5,14H2,1H3/t10-,11-/m1/s1. The van der Waals surface area contributed by atoms with Crippen molar-refractivity contribution in [1.82, 2.24) is 4.72 Å². The minimum absolute atomic E-state index is 0.00206. The molecule has 1 fully saturated rings. The number of nitrogens with two attached hydrogens (primary N) is 1.